The highest BCUT2D eigenvalue weighted by Crippen LogP contribution is 2.35. The van der Waals surface area contributed by atoms with Crippen LogP contribution < -0.4 is 9.80 Å². The van der Waals surface area contributed by atoms with E-state index in [-0.39, 0.29) is 11.1 Å². The van der Waals surface area contributed by atoms with Gasteiger partial charge in [-0.25, -0.2) is 4.90 Å². The molecule has 0 aromatic heterocycles. The van der Waals surface area contributed by atoms with E-state index < -0.39 is 0 Å². The third kappa shape index (κ3) is 3.61. The molecular weight excluding hydrogens is 332 g/mol. The molecule has 0 saturated carbocycles. The van der Waals surface area contributed by atoms with Gasteiger partial charge in [-0.05, 0) is 61.5 Å². The Morgan fingerprint density at radius 3 is 2.20 bits per heavy atom. The number of imide groups is 1. The molecule has 1 saturated heterocycles. The van der Waals surface area contributed by atoms with E-state index in [0.717, 1.165) is 36.1 Å². The van der Waals surface area contributed by atoms with Crippen LogP contribution in [0.3, 0.4) is 0 Å². The first-order valence-electron chi connectivity index (χ1n) is 8.32. The van der Waals surface area contributed by atoms with Gasteiger partial charge in [0.1, 0.15) is 0 Å². The zero-order valence-corrected chi connectivity index (χ0v) is 15.1. The Morgan fingerprint density at radius 2 is 1.60 bits per heavy atom. The molecule has 0 N–H and O–H groups in total. The second-order valence-electron chi connectivity index (χ2n) is 5.62. The predicted octanol–water partition coefficient (Wildman–Crippen LogP) is 4.77. The lowest BCUT2D eigenvalue weighted by atomic mass is 10.1. The standard InChI is InChI=1S/C20H20N2O2S/c1-3-21(4-2)16-12-10-15(11-13-16)14-18-19(23)22(20(24)25-18)17-8-6-5-7-9-17/h5-14H,3-4H2,1-2H3/b18-14-. The predicted molar refractivity (Wildman–Crippen MR) is 105 cm³/mol. The summed E-state index contributed by atoms with van der Waals surface area (Å²) in [6, 6.07) is 17.0. The van der Waals surface area contributed by atoms with Crippen LogP contribution in [-0.2, 0) is 4.79 Å². The van der Waals surface area contributed by atoms with Crippen LogP contribution in [0, 0.1) is 0 Å². The highest BCUT2D eigenvalue weighted by Gasteiger charge is 2.36. The van der Waals surface area contributed by atoms with Crippen LogP contribution in [0.5, 0.6) is 0 Å². The van der Waals surface area contributed by atoms with Gasteiger partial charge in [-0.3, -0.25) is 9.59 Å². The van der Waals surface area contributed by atoms with E-state index in [1.54, 1.807) is 18.2 Å². The first-order valence-corrected chi connectivity index (χ1v) is 9.13. The van der Waals surface area contributed by atoms with Crippen LogP contribution >= 0.6 is 11.8 Å². The zero-order valence-electron chi connectivity index (χ0n) is 14.3. The number of thioether (sulfide) groups is 1. The van der Waals surface area contributed by atoms with Crippen molar-refractivity contribution in [2.45, 2.75) is 13.8 Å². The minimum Gasteiger partial charge on any atom is -0.372 e. The van der Waals surface area contributed by atoms with Gasteiger partial charge in [0.15, 0.2) is 0 Å². The number of benzene rings is 2. The number of amides is 2. The molecule has 0 unspecified atom stereocenters. The molecule has 2 aromatic rings. The molecule has 25 heavy (non-hydrogen) atoms. The molecule has 128 valence electrons. The summed E-state index contributed by atoms with van der Waals surface area (Å²) in [5.74, 6) is -0.269. The quantitative estimate of drug-likeness (QED) is 0.727. The van der Waals surface area contributed by atoms with Gasteiger partial charge in [0.25, 0.3) is 11.1 Å². The summed E-state index contributed by atoms with van der Waals surface area (Å²) in [4.78, 5) is 28.8. The van der Waals surface area contributed by atoms with Crippen molar-refractivity contribution in [3.8, 4) is 0 Å². The van der Waals surface area contributed by atoms with E-state index >= 15 is 0 Å². The van der Waals surface area contributed by atoms with Crippen molar-refractivity contribution in [1.82, 2.24) is 0 Å². The molecule has 1 fully saturated rings. The average Bonchev–Trinajstić information content (AvgIpc) is 2.91. The largest absolute Gasteiger partial charge is 0.372 e. The number of nitrogens with zero attached hydrogens (tertiary/aromatic N) is 2. The SMILES string of the molecule is CCN(CC)c1ccc(/C=C2\SC(=O)N(c3ccccc3)C2=O)cc1. The third-order valence-electron chi connectivity index (χ3n) is 4.13. The smallest absolute Gasteiger partial charge is 0.298 e. The van der Waals surface area contributed by atoms with Gasteiger partial charge in [-0.2, -0.15) is 0 Å². The number of rotatable bonds is 5. The Hall–Kier alpha value is -2.53. The van der Waals surface area contributed by atoms with E-state index in [1.165, 1.54) is 4.90 Å². The Balaban J connectivity index is 1.82. The van der Waals surface area contributed by atoms with Crippen molar-refractivity contribution in [3.63, 3.8) is 0 Å². The highest BCUT2D eigenvalue weighted by molar-refractivity contribution is 8.19. The Labute approximate surface area is 152 Å². The van der Waals surface area contributed by atoms with Gasteiger partial charge in [0.2, 0.25) is 0 Å². The number of hydrogen-bond donors (Lipinski definition) is 0. The third-order valence-corrected chi connectivity index (χ3v) is 5.00. The van der Waals surface area contributed by atoms with Crippen molar-refractivity contribution in [2.24, 2.45) is 0 Å². The van der Waals surface area contributed by atoms with Crippen LogP contribution in [0.25, 0.3) is 6.08 Å². The van der Waals surface area contributed by atoms with Crippen LogP contribution in [0.2, 0.25) is 0 Å². The molecule has 0 atom stereocenters. The molecule has 0 radical (unpaired) electrons. The van der Waals surface area contributed by atoms with Crippen molar-refractivity contribution in [3.05, 3.63) is 65.1 Å². The number of carbonyl (C=O) groups is 2. The van der Waals surface area contributed by atoms with E-state index in [4.69, 9.17) is 0 Å². The van der Waals surface area contributed by atoms with Crippen LogP contribution in [0.15, 0.2) is 59.5 Å². The number of carbonyl (C=O) groups excluding carboxylic acids is 2. The molecule has 1 heterocycles. The van der Waals surface area contributed by atoms with Crippen LogP contribution in [-0.4, -0.2) is 24.2 Å². The first-order chi connectivity index (χ1) is 12.1. The topological polar surface area (TPSA) is 40.6 Å². The summed E-state index contributed by atoms with van der Waals surface area (Å²) in [6.45, 7) is 6.14. The zero-order chi connectivity index (χ0) is 17.8. The number of anilines is 2. The summed E-state index contributed by atoms with van der Waals surface area (Å²) in [7, 11) is 0. The molecular formula is C20H20N2O2S. The summed E-state index contributed by atoms with van der Waals surface area (Å²) in [5, 5.41) is -0.262. The summed E-state index contributed by atoms with van der Waals surface area (Å²) >= 11 is 0.979. The molecule has 1 aliphatic rings. The molecule has 0 bridgehead atoms. The van der Waals surface area contributed by atoms with Gasteiger partial charge >= 0.3 is 0 Å². The molecule has 1 aliphatic heterocycles. The lowest BCUT2D eigenvalue weighted by Crippen LogP contribution is -2.27. The van der Waals surface area contributed by atoms with Gasteiger partial charge in [-0.1, -0.05) is 30.3 Å². The van der Waals surface area contributed by atoms with Gasteiger partial charge in [0.05, 0.1) is 10.6 Å². The normalized spacial score (nSPS) is 15.9. The van der Waals surface area contributed by atoms with Crippen molar-refractivity contribution < 1.29 is 9.59 Å². The molecule has 5 heteroatoms. The fraction of sp³-hybridized carbons (Fsp3) is 0.200. The summed E-state index contributed by atoms with van der Waals surface area (Å²) in [5.41, 5.74) is 2.67. The fourth-order valence-electron chi connectivity index (χ4n) is 2.79. The fourth-order valence-corrected chi connectivity index (χ4v) is 3.63. The lowest BCUT2D eigenvalue weighted by Gasteiger charge is -2.20. The van der Waals surface area contributed by atoms with Crippen LogP contribution in [0.1, 0.15) is 19.4 Å². The van der Waals surface area contributed by atoms with E-state index in [2.05, 4.69) is 18.7 Å². The molecule has 3 rings (SSSR count). The molecule has 2 aromatic carbocycles. The first kappa shape index (κ1) is 17.3. The maximum atomic E-state index is 12.6. The van der Waals surface area contributed by atoms with E-state index in [1.807, 2.05) is 42.5 Å². The summed E-state index contributed by atoms with van der Waals surface area (Å²) in [6.07, 6.45) is 1.78. The average molecular weight is 352 g/mol. The van der Waals surface area contributed by atoms with Crippen LogP contribution in [0.4, 0.5) is 16.2 Å². The molecule has 2 amide bonds. The second kappa shape index (κ2) is 7.57. The Morgan fingerprint density at radius 1 is 0.960 bits per heavy atom. The Kier molecular flexibility index (Phi) is 5.24. The van der Waals surface area contributed by atoms with Crippen molar-refractivity contribution in [2.75, 3.05) is 22.9 Å². The lowest BCUT2D eigenvalue weighted by molar-refractivity contribution is -0.113. The highest BCUT2D eigenvalue weighted by atomic mass is 32.2. The summed E-state index contributed by atoms with van der Waals surface area (Å²) < 4.78 is 0. The number of hydrogen-bond acceptors (Lipinski definition) is 4. The molecule has 0 spiro atoms. The van der Waals surface area contributed by atoms with Gasteiger partial charge in [0, 0.05) is 18.8 Å². The Bertz CT molecular complexity index is 796. The molecule has 4 nitrogen and oxygen atoms in total. The second-order valence-corrected chi connectivity index (χ2v) is 6.61. The minimum absolute atomic E-state index is 0.262. The maximum Gasteiger partial charge on any atom is 0.298 e. The molecule has 0 aliphatic carbocycles. The van der Waals surface area contributed by atoms with E-state index in [0.29, 0.717) is 10.6 Å². The maximum absolute atomic E-state index is 12.6. The van der Waals surface area contributed by atoms with Gasteiger partial charge < -0.3 is 4.90 Å². The van der Waals surface area contributed by atoms with E-state index in [9.17, 15) is 9.59 Å². The monoisotopic (exact) mass is 352 g/mol. The minimum atomic E-state index is -0.269. The van der Waals surface area contributed by atoms with Crippen molar-refractivity contribution >= 4 is 40.4 Å². The van der Waals surface area contributed by atoms with Gasteiger partial charge in [-0.15, -0.1) is 0 Å². The number of para-hydroxylation sites is 1. The van der Waals surface area contributed by atoms with Crippen molar-refractivity contribution in [1.29, 1.82) is 0 Å².